The summed E-state index contributed by atoms with van der Waals surface area (Å²) in [4.78, 5) is 11.4. The van der Waals surface area contributed by atoms with Gasteiger partial charge in [-0.1, -0.05) is 31.4 Å². The van der Waals surface area contributed by atoms with Crippen LogP contribution in [-0.2, 0) is 11.4 Å². The number of tetrazole rings is 1. The second-order valence-electron chi connectivity index (χ2n) is 4.78. The monoisotopic (exact) mass is 324 g/mol. The van der Waals surface area contributed by atoms with Crippen LogP contribution in [0.3, 0.4) is 0 Å². The number of unbranched alkanes of at least 4 members (excludes halogenated alkanes) is 1. The molecular weight excluding hydrogens is 308 g/mol. The summed E-state index contributed by atoms with van der Waals surface area (Å²) in [7, 11) is 0. The van der Waals surface area contributed by atoms with Crippen LogP contribution in [0.25, 0.3) is 0 Å². The van der Waals surface area contributed by atoms with Crippen LogP contribution in [0, 0.1) is 0 Å². The van der Waals surface area contributed by atoms with Crippen molar-refractivity contribution in [3.8, 4) is 5.75 Å². The number of aromatic nitrogens is 4. The molecule has 1 N–H and O–H groups in total. The Morgan fingerprint density at radius 3 is 2.77 bits per heavy atom. The van der Waals surface area contributed by atoms with Gasteiger partial charge in [0.05, 0.1) is 0 Å². The van der Waals surface area contributed by atoms with Crippen LogP contribution >= 0.6 is 11.6 Å². The SMILES string of the molecule is CCCCC(C(=O)O)n1nnnc1COc1ccc(Cl)cc1. The topological polar surface area (TPSA) is 90.1 Å². The van der Waals surface area contributed by atoms with E-state index in [4.69, 9.17) is 16.3 Å². The fourth-order valence-electron chi connectivity index (χ4n) is 1.98. The molecule has 2 rings (SSSR count). The highest BCUT2D eigenvalue weighted by atomic mass is 35.5. The minimum absolute atomic E-state index is 0.0878. The first-order valence-electron chi connectivity index (χ1n) is 6.99. The van der Waals surface area contributed by atoms with Crippen molar-refractivity contribution in [1.82, 2.24) is 20.2 Å². The molecule has 118 valence electrons. The van der Waals surface area contributed by atoms with Crippen LogP contribution in [0.15, 0.2) is 24.3 Å². The second-order valence-corrected chi connectivity index (χ2v) is 5.21. The molecule has 0 fully saturated rings. The van der Waals surface area contributed by atoms with Gasteiger partial charge >= 0.3 is 5.97 Å². The third-order valence-electron chi connectivity index (χ3n) is 3.15. The van der Waals surface area contributed by atoms with Crippen LogP contribution in [0.1, 0.15) is 38.1 Å². The van der Waals surface area contributed by atoms with E-state index in [1.165, 1.54) is 4.68 Å². The third-order valence-corrected chi connectivity index (χ3v) is 3.41. The second kappa shape index (κ2) is 7.74. The van der Waals surface area contributed by atoms with Gasteiger partial charge in [-0.05, 0) is 41.1 Å². The Kier molecular flexibility index (Phi) is 5.71. The van der Waals surface area contributed by atoms with Crippen LogP contribution < -0.4 is 4.74 Å². The van der Waals surface area contributed by atoms with Crippen LogP contribution in [0.4, 0.5) is 0 Å². The van der Waals surface area contributed by atoms with Crippen LogP contribution in [-0.4, -0.2) is 31.3 Å². The summed E-state index contributed by atoms with van der Waals surface area (Å²) in [6.07, 6.45) is 2.17. The summed E-state index contributed by atoms with van der Waals surface area (Å²) in [5.41, 5.74) is 0. The molecule has 0 spiro atoms. The van der Waals surface area contributed by atoms with Gasteiger partial charge in [-0.15, -0.1) is 5.10 Å². The minimum atomic E-state index is -0.950. The lowest BCUT2D eigenvalue weighted by Crippen LogP contribution is -2.23. The lowest BCUT2D eigenvalue weighted by Gasteiger charge is -2.14. The molecule has 0 saturated carbocycles. The van der Waals surface area contributed by atoms with Crippen molar-refractivity contribution in [2.24, 2.45) is 0 Å². The smallest absolute Gasteiger partial charge is 0.328 e. The number of carboxylic acid groups (broad SMARTS) is 1. The number of carboxylic acids is 1. The predicted molar refractivity (Wildman–Crippen MR) is 79.8 cm³/mol. The molecule has 0 aliphatic heterocycles. The first kappa shape index (κ1) is 16.2. The normalized spacial score (nSPS) is 12.1. The number of hydrogen-bond donors (Lipinski definition) is 1. The summed E-state index contributed by atoms with van der Waals surface area (Å²) in [5.74, 6) is 0.0336. The summed E-state index contributed by atoms with van der Waals surface area (Å²) >= 11 is 5.80. The molecule has 0 aliphatic carbocycles. The molecule has 1 atom stereocenters. The summed E-state index contributed by atoms with van der Waals surface area (Å²) in [6.45, 7) is 2.09. The zero-order chi connectivity index (χ0) is 15.9. The van der Waals surface area contributed by atoms with Crippen LogP contribution in [0.2, 0.25) is 5.02 Å². The predicted octanol–water partition coefficient (Wildman–Crippen LogP) is 2.72. The van der Waals surface area contributed by atoms with Gasteiger partial charge in [0.15, 0.2) is 11.9 Å². The van der Waals surface area contributed by atoms with Gasteiger partial charge in [0.2, 0.25) is 0 Å². The Balaban J connectivity index is 2.07. The number of hydrogen-bond acceptors (Lipinski definition) is 5. The van der Waals surface area contributed by atoms with E-state index < -0.39 is 12.0 Å². The molecule has 1 aromatic carbocycles. The van der Waals surface area contributed by atoms with E-state index in [-0.39, 0.29) is 6.61 Å². The third kappa shape index (κ3) is 4.17. The summed E-state index contributed by atoms with van der Waals surface area (Å²) < 4.78 is 6.88. The van der Waals surface area contributed by atoms with Crippen molar-refractivity contribution in [2.75, 3.05) is 0 Å². The van der Waals surface area contributed by atoms with Crippen molar-refractivity contribution in [2.45, 2.75) is 38.8 Å². The quantitative estimate of drug-likeness (QED) is 0.803. The Hall–Kier alpha value is -2.15. The Morgan fingerprint density at radius 1 is 1.41 bits per heavy atom. The highest BCUT2D eigenvalue weighted by Gasteiger charge is 2.24. The molecule has 1 heterocycles. The number of benzene rings is 1. The summed E-state index contributed by atoms with van der Waals surface area (Å²) in [5, 5.41) is 21.2. The first-order chi connectivity index (χ1) is 10.6. The van der Waals surface area contributed by atoms with Gasteiger partial charge in [-0.3, -0.25) is 0 Å². The number of rotatable bonds is 8. The lowest BCUT2D eigenvalue weighted by atomic mass is 10.1. The zero-order valence-corrected chi connectivity index (χ0v) is 12.9. The maximum Gasteiger partial charge on any atom is 0.328 e. The van der Waals surface area contributed by atoms with Crippen molar-refractivity contribution in [3.63, 3.8) is 0 Å². The van der Waals surface area contributed by atoms with Crippen molar-refractivity contribution in [3.05, 3.63) is 35.1 Å². The average Bonchev–Trinajstić information content (AvgIpc) is 2.95. The number of carbonyl (C=O) groups is 1. The standard InChI is InChI=1S/C14H17ClN4O3/c1-2-3-4-12(14(20)21)19-13(16-17-18-19)9-22-11-7-5-10(15)6-8-11/h5-8,12H,2-4,9H2,1H3,(H,20,21). The zero-order valence-electron chi connectivity index (χ0n) is 12.1. The lowest BCUT2D eigenvalue weighted by molar-refractivity contribution is -0.141. The van der Waals surface area contributed by atoms with Gasteiger partial charge < -0.3 is 9.84 Å². The highest BCUT2D eigenvalue weighted by molar-refractivity contribution is 6.30. The van der Waals surface area contributed by atoms with E-state index in [2.05, 4.69) is 15.5 Å². The van der Waals surface area contributed by atoms with Crippen LogP contribution in [0.5, 0.6) is 5.75 Å². The molecule has 1 unspecified atom stereocenters. The molecule has 2 aromatic rings. The largest absolute Gasteiger partial charge is 0.486 e. The molecule has 0 saturated heterocycles. The molecule has 0 aliphatic rings. The molecule has 7 nitrogen and oxygen atoms in total. The van der Waals surface area contributed by atoms with E-state index in [1.807, 2.05) is 6.92 Å². The average molecular weight is 325 g/mol. The number of nitrogens with zero attached hydrogens (tertiary/aromatic N) is 4. The van der Waals surface area contributed by atoms with Crippen molar-refractivity contribution in [1.29, 1.82) is 0 Å². The van der Waals surface area contributed by atoms with Gasteiger partial charge in [-0.25, -0.2) is 9.48 Å². The molecule has 0 radical (unpaired) electrons. The highest BCUT2D eigenvalue weighted by Crippen LogP contribution is 2.19. The number of halogens is 1. The maximum absolute atomic E-state index is 11.4. The van der Waals surface area contributed by atoms with E-state index >= 15 is 0 Å². The van der Waals surface area contributed by atoms with E-state index in [9.17, 15) is 9.90 Å². The Morgan fingerprint density at radius 2 is 2.14 bits per heavy atom. The summed E-state index contributed by atoms with van der Waals surface area (Å²) in [6, 6.07) is 6.09. The fraction of sp³-hybridized carbons (Fsp3) is 0.429. The van der Waals surface area contributed by atoms with Gasteiger partial charge in [-0.2, -0.15) is 0 Å². The molecule has 0 amide bonds. The maximum atomic E-state index is 11.4. The Labute approximate surface area is 132 Å². The van der Waals surface area contributed by atoms with Gasteiger partial charge in [0.25, 0.3) is 0 Å². The van der Waals surface area contributed by atoms with Gasteiger partial charge in [0, 0.05) is 5.02 Å². The number of ether oxygens (including phenoxy) is 1. The van der Waals surface area contributed by atoms with E-state index in [0.717, 1.165) is 12.8 Å². The molecule has 8 heteroatoms. The van der Waals surface area contributed by atoms with Crippen molar-refractivity contribution >= 4 is 17.6 Å². The molecule has 22 heavy (non-hydrogen) atoms. The number of aliphatic carboxylic acids is 1. The van der Waals surface area contributed by atoms with Gasteiger partial charge in [0.1, 0.15) is 12.4 Å². The fourth-order valence-corrected chi connectivity index (χ4v) is 2.10. The molecule has 0 bridgehead atoms. The Bertz CT molecular complexity index is 615. The molecule has 1 aromatic heterocycles. The molecular formula is C14H17ClN4O3. The minimum Gasteiger partial charge on any atom is -0.486 e. The van der Waals surface area contributed by atoms with E-state index in [1.54, 1.807) is 24.3 Å². The van der Waals surface area contributed by atoms with Crippen molar-refractivity contribution < 1.29 is 14.6 Å². The first-order valence-corrected chi connectivity index (χ1v) is 7.37. The van der Waals surface area contributed by atoms with E-state index in [0.29, 0.717) is 23.0 Å².